The Morgan fingerprint density at radius 1 is 1.38 bits per heavy atom. The SMILES string of the molecule is CC1(C(=O)O)CSC(c2ncc(OCCOCC(=O)O)cc2O)=N1. The van der Waals surface area contributed by atoms with Crippen LogP contribution in [-0.2, 0) is 14.3 Å². The van der Waals surface area contributed by atoms with E-state index in [0.29, 0.717) is 5.04 Å². The van der Waals surface area contributed by atoms with Gasteiger partial charge in [-0.1, -0.05) is 0 Å². The zero-order valence-corrected chi connectivity index (χ0v) is 13.6. The molecular formula is C14H16N2O7S. The molecule has 3 N–H and O–H groups in total. The van der Waals surface area contributed by atoms with Crippen LogP contribution < -0.4 is 4.74 Å². The minimum absolute atomic E-state index is 0.0777. The van der Waals surface area contributed by atoms with E-state index in [-0.39, 0.29) is 36.2 Å². The van der Waals surface area contributed by atoms with Crippen molar-refractivity contribution >= 4 is 28.7 Å². The molecule has 24 heavy (non-hydrogen) atoms. The zero-order chi connectivity index (χ0) is 17.7. The van der Waals surface area contributed by atoms with Crippen molar-refractivity contribution in [1.29, 1.82) is 0 Å². The molecule has 1 atom stereocenters. The Bertz CT molecular complexity index is 679. The van der Waals surface area contributed by atoms with Gasteiger partial charge in [0.15, 0.2) is 5.54 Å². The Labute approximate surface area is 141 Å². The van der Waals surface area contributed by atoms with Gasteiger partial charge in [0.05, 0.1) is 12.8 Å². The highest BCUT2D eigenvalue weighted by Gasteiger charge is 2.39. The van der Waals surface area contributed by atoms with Crippen LogP contribution in [0.3, 0.4) is 0 Å². The second-order valence-corrected chi connectivity index (χ2v) is 6.08. The van der Waals surface area contributed by atoms with Gasteiger partial charge in [-0.15, -0.1) is 11.8 Å². The van der Waals surface area contributed by atoms with E-state index in [0.717, 1.165) is 0 Å². The van der Waals surface area contributed by atoms with Crippen LogP contribution in [0.1, 0.15) is 12.6 Å². The van der Waals surface area contributed by atoms with Gasteiger partial charge in [0, 0.05) is 11.8 Å². The fourth-order valence-electron chi connectivity index (χ4n) is 1.78. The minimum atomic E-state index is -1.23. The smallest absolute Gasteiger partial charge is 0.332 e. The van der Waals surface area contributed by atoms with E-state index >= 15 is 0 Å². The number of pyridine rings is 1. The van der Waals surface area contributed by atoms with Gasteiger partial charge < -0.3 is 24.8 Å². The molecule has 130 valence electrons. The number of thioether (sulfide) groups is 1. The van der Waals surface area contributed by atoms with Crippen molar-refractivity contribution in [1.82, 2.24) is 4.98 Å². The minimum Gasteiger partial charge on any atom is -0.505 e. The van der Waals surface area contributed by atoms with Gasteiger partial charge in [-0.3, -0.25) is 4.99 Å². The van der Waals surface area contributed by atoms with Gasteiger partial charge in [0.2, 0.25) is 0 Å². The van der Waals surface area contributed by atoms with E-state index in [1.165, 1.54) is 30.9 Å². The van der Waals surface area contributed by atoms with E-state index < -0.39 is 24.1 Å². The molecular weight excluding hydrogens is 340 g/mol. The number of aromatic hydroxyl groups is 1. The van der Waals surface area contributed by atoms with Crippen LogP contribution in [-0.4, -0.2) is 68.4 Å². The second kappa shape index (κ2) is 7.49. The Hall–Kier alpha value is -2.33. The van der Waals surface area contributed by atoms with Crippen molar-refractivity contribution in [3.63, 3.8) is 0 Å². The Morgan fingerprint density at radius 2 is 2.12 bits per heavy atom. The number of nitrogens with zero attached hydrogens (tertiary/aromatic N) is 2. The number of carbonyl (C=O) groups is 2. The summed E-state index contributed by atoms with van der Waals surface area (Å²) in [6.07, 6.45) is 1.37. The summed E-state index contributed by atoms with van der Waals surface area (Å²) in [4.78, 5) is 29.6. The monoisotopic (exact) mass is 356 g/mol. The van der Waals surface area contributed by atoms with Gasteiger partial charge in [0.1, 0.15) is 35.5 Å². The van der Waals surface area contributed by atoms with Gasteiger partial charge in [-0.25, -0.2) is 14.6 Å². The highest BCUT2D eigenvalue weighted by molar-refractivity contribution is 8.14. The number of aliphatic carboxylic acids is 2. The molecule has 0 fully saturated rings. The molecule has 9 nitrogen and oxygen atoms in total. The predicted molar refractivity (Wildman–Crippen MR) is 84.9 cm³/mol. The molecule has 0 spiro atoms. The fraction of sp³-hybridized carbons (Fsp3) is 0.429. The van der Waals surface area contributed by atoms with Gasteiger partial charge in [-0.2, -0.15) is 0 Å². The fourth-order valence-corrected chi connectivity index (χ4v) is 2.95. The zero-order valence-electron chi connectivity index (χ0n) is 12.8. The van der Waals surface area contributed by atoms with Gasteiger partial charge in [-0.05, 0) is 6.92 Å². The van der Waals surface area contributed by atoms with Crippen LogP contribution in [0.25, 0.3) is 0 Å². The molecule has 2 rings (SSSR count). The first-order chi connectivity index (χ1) is 11.3. The number of ether oxygens (including phenoxy) is 2. The highest BCUT2D eigenvalue weighted by Crippen LogP contribution is 2.34. The first-order valence-corrected chi connectivity index (χ1v) is 7.88. The number of aromatic nitrogens is 1. The van der Waals surface area contributed by atoms with Crippen LogP contribution in [0.2, 0.25) is 0 Å². The third kappa shape index (κ3) is 4.36. The summed E-state index contributed by atoms with van der Waals surface area (Å²) in [5.74, 6) is -1.75. The summed E-state index contributed by atoms with van der Waals surface area (Å²) < 4.78 is 10.1. The summed E-state index contributed by atoms with van der Waals surface area (Å²) in [5, 5.41) is 28.0. The molecule has 0 radical (unpaired) electrons. The molecule has 0 saturated heterocycles. The highest BCUT2D eigenvalue weighted by atomic mass is 32.2. The molecule has 1 aliphatic heterocycles. The standard InChI is InChI=1S/C14H16N2O7S/c1-14(13(20)21)7-24-12(16-14)11-9(17)4-8(5-15-11)23-3-2-22-6-10(18)19/h4-5,17H,2-3,6-7H2,1H3,(H,18,19)(H,20,21). The number of aliphatic imine (C=N–C) groups is 1. The number of carboxylic acid groups (broad SMARTS) is 2. The average molecular weight is 356 g/mol. The van der Waals surface area contributed by atoms with Crippen LogP contribution in [0.4, 0.5) is 0 Å². The number of carboxylic acids is 2. The molecule has 10 heteroatoms. The summed E-state index contributed by atoms with van der Waals surface area (Å²) >= 11 is 1.21. The van der Waals surface area contributed by atoms with Crippen molar-refractivity contribution in [3.8, 4) is 11.5 Å². The predicted octanol–water partition coefficient (Wildman–Crippen LogP) is 0.604. The summed E-state index contributed by atoms with van der Waals surface area (Å²) in [5.41, 5.74) is -1.04. The van der Waals surface area contributed by atoms with E-state index in [2.05, 4.69) is 9.98 Å². The van der Waals surface area contributed by atoms with Crippen LogP contribution >= 0.6 is 11.8 Å². The van der Waals surface area contributed by atoms with E-state index in [1.807, 2.05) is 0 Å². The number of rotatable bonds is 8. The molecule has 1 aromatic rings. The Kier molecular flexibility index (Phi) is 5.62. The normalized spacial score (nSPS) is 19.8. The average Bonchev–Trinajstić information content (AvgIpc) is 2.90. The van der Waals surface area contributed by atoms with Crippen molar-refractivity contribution in [2.75, 3.05) is 25.6 Å². The van der Waals surface area contributed by atoms with Crippen LogP contribution in [0, 0.1) is 0 Å². The lowest BCUT2D eigenvalue weighted by atomic mass is 10.1. The summed E-state index contributed by atoms with van der Waals surface area (Å²) in [6, 6.07) is 1.33. The quantitative estimate of drug-likeness (QED) is 0.571. The third-order valence-electron chi connectivity index (χ3n) is 3.07. The van der Waals surface area contributed by atoms with Crippen LogP contribution in [0.5, 0.6) is 11.5 Å². The van der Waals surface area contributed by atoms with Crippen LogP contribution in [0.15, 0.2) is 17.3 Å². The molecule has 1 aromatic heterocycles. The number of hydrogen-bond donors (Lipinski definition) is 3. The third-order valence-corrected chi connectivity index (χ3v) is 4.33. The lowest BCUT2D eigenvalue weighted by molar-refractivity contribution is -0.143. The number of hydrogen-bond acceptors (Lipinski definition) is 8. The lowest BCUT2D eigenvalue weighted by Gasteiger charge is -2.11. The van der Waals surface area contributed by atoms with Crippen molar-refractivity contribution in [3.05, 3.63) is 18.0 Å². The molecule has 0 aliphatic carbocycles. The molecule has 2 heterocycles. The maximum absolute atomic E-state index is 11.2. The summed E-state index contributed by atoms with van der Waals surface area (Å²) in [6.45, 7) is 1.26. The maximum Gasteiger partial charge on any atom is 0.332 e. The topological polar surface area (TPSA) is 139 Å². The van der Waals surface area contributed by atoms with Gasteiger partial charge >= 0.3 is 11.9 Å². The second-order valence-electron chi connectivity index (χ2n) is 5.12. The van der Waals surface area contributed by atoms with Crippen molar-refractivity contribution in [2.24, 2.45) is 4.99 Å². The van der Waals surface area contributed by atoms with E-state index in [1.54, 1.807) is 0 Å². The molecule has 0 aromatic carbocycles. The lowest BCUT2D eigenvalue weighted by Crippen LogP contribution is -2.33. The molecule has 1 unspecified atom stereocenters. The Balaban J connectivity index is 1.98. The van der Waals surface area contributed by atoms with E-state index in [4.69, 9.17) is 19.7 Å². The van der Waals surface area contributed by atoms with Gasteiger partial charge in [0.25, 0.3) is 0 Å². The molecule has 0 bridgehead atoms. The first-order valence-electron chi connectivity index (χ1n) is 6.89. The first kappa shape index (κ1) is 18.0. The van der Waals surface area contributed by atoms with E-state index in [9.17, 15) is 14.7 Å². The largest absolute Gasteiger partial charge is 0.505 e. The van der Waals surface area contributed by atoms with Crippen molar-refractivity contribution in [2.45, 2.75) is 12.5 Å². The van der Waals surface area contributed by atoms with Crippen molar-refractivity contribution < 1.29 is 34.4 Å². The maximum atomic E-state index is 11.2. The molecule has 0 amide bonds. The summed E-state index contributed by atoms with van der Waals surface area (Å²) in [7, 11) is 0. The molecule has 1 aliphatic rings. The Morgan fingerprint density at radius 3 is 2.71 bits per heavy atom. The molecule has 0 saturated carbocycles.